The SMILES string of the molecule is COC(=O)C(O)CNC(=O)c1cc(F)cnc1Cl. The molecule has 1 unspecified atom stereocenters. The fraction of sp³-hybridized carbons (Fsp3) is 0.300. The quantitative estimate of drug-likeness (QED) is 0.603. The lowest BCUT2D eigenvalue weighted by Crippen LogP contribution is -2.37. The van der Waals surface area contributed by atoms with Crippen LogP contribution in [0.15, 0.2) is 12.3 Å². The molecule has 0 saturated carbocycles. The molecule has 1 atom stereocenters. The standard InChI is InChI=1S/C10H10ClFN2O4/c1-18-10(17)7(15)4-14-9(16)6-2-5(12)3-13-8(6)11/h2-3,7,15H,4H2,1H3,(H,14,16). The first kappa shape index (κ1) is 14.3. The Balaban J connectivity index is 2.66. The average Bonchev–Trinajstić information content (AvgIpc) is 2.37. The first-order chi connectivity index (χ1) is 8.45. The number of ether oxygens (including phenoxy) is 1. The Hall–Kier alpha value is -1.73. The van der Waals surface area contributed by atoms with Crippen molar-refractivity contribution in [1.29, 1.82) is 0 Å². The molecular weight excluding hydrogens is 267 g/mol. The van der Waals surface area contributed by atoms with Crippen molar-refractivity contribution in [1.82, 2.24) is 10.3 Å². The number of hydrogen-bond acceptors (Lipinski definition) is 5. The largest absolute Gasteiger partial charge is 0.467 e. The molecule has 1 rings (SSSR count). The van der Waals surface area contributed by atoms with Crippen LogP contribution in [0.25, 0.3) is 0 Å². The molecule has 0 aliphatic heterocycles. The van der Waals surface area contributed by atoms with Gasteiger partial charge in [-0.2, -0.15) is 0 Å². The van der Waals surface area contributed by atoms with E-state index in [1.54, 1.807) is 0 Å². The highest BCUT2D eigenvalue weighted by Gasteiger charge is 2.18. The van der Waals surface area contributed by atoms with E-state index in [0.717, 1.165) is 19.4 Å². The molecule has 1 aromatic heterocycles. The smallest absolute Gasteiger partial charge is 0.336 e. The third-order valence-corrected chi connectivity index (χ3v) is 2.28. The number of methoxy groups -OCH3 is 1. The number of aliphatic hydroxyl groups is 1. The van der Waals surface area contributed by atoms with Gasteiger partial charge in [-0.25, -0.2) is 14.2 Å². The van der Waals surface area contributed by atoms with Crippen molar-refractivity contribution in [2.45, 2.75) is 6.10 Å². The van der Waals surface area contributed by atoms with Gasteiger partial charge in [0.2, 0.25) is 0 Å². The predicted octanol–water partition coefficient (Wildman–Crippen LogP) is 0.138. The molecule has 1 amide bonds. The first-order valence-electron chi connectivity index (χ1n) is 4.81. The van der Waals surface area contributed by atoms with Gasteiger partial charge in [-0.3, -0.25) is 4.79 Å². The lowest BCUT2D eigenvalue weighted by Gasteiger charge is -2.10. The maximum atomic E-state index is 12.9. The van der Waals surface area contributed by atoms with Crippen molar-refractivity contribution >= 4 is 23.5 Å². The molecular formula is C10H10ClFN2O4. The molecule has 2 N–H and O–H groups in total. The van der Waals surface area contributed by atoms with Gasteiger partial charge >= 0.3 is 5.97 Å². The van der Waals surface area contributed by atoms with Gasteiger partial charge in [0, 0.05) is 0 Å². The maximum absolute atomic E-state index is 12.9. The second-order valence-electron chi connectivity index (χ2n) is 3.24. The number of hydrogen-bond donors (Lipinski definition) is 2. The molecule has 0 aliphatic rings. The normalized spacial score (nSPS) is 11.8. The number of halogens is 2. The molecule has 1 aromatic rings. The summed E-state index contributed by atoms with van der Waals surface area (Å²) in [4.78, 5) is 25.9. The first-order valence-corrected chi connectivity index (χ1v) is 5.18. The number of esters is 1. The Kier molecular flexibility index (Phi) is 4.99. The van der Waals surface area contributed by atoms with Crippen molar-refractivity contribution in [3.8, 4) is 0 Å². The number of nitrogens with zero attached hydrogens (tertiary/aromatic N) is 1. The Morgan fingerprint density at radius 2 is 2.33 bits per heavy atom. The van der Waals surface area contributed by atoms with Crippen LogP contribution in [0.4, 0.5) is 4.39 Å². The summed E-state index contributed by atoms with van der Waals surface area (Å²) in [5, 5.41) is 11.2. The number of pyridine rings is 1. The number of carbonyl (C=O) groups excluding carboxylic acids is 2. The van der Waals surface area contributed by atoms with E-state index in [4.69, 9.17) is 11.6 Å². The summed E-state index contributed by atoms with van der Waals surface area (Å²) < 4.78 is 17.1. The van der Waals surface area contributed by atoms with Crippen LogP contribution in [0.3, 0.4) is 0 Å². The van der Waals surface area contributed by atoms with Crippen LogP contribution in [-0.2, 0) is 9.53 Å². The van der Waals surface area contributed by atoms with E-state index in [2.05, 4.69) is 15.0 Å². The van der Waals surface area contributed by atoms with E-state index < -0.39 is 23.8 Å². The molecule has 18 heavy (non-hydrogen) atoms. The van der Waals surface area contributed by atoms with Crippen LogP contribution in [0.2, 0.25) is 5.15 Å². The van der Waals surface area contributed by atoms with Gasteiger partial charge in [-0.1, -0.05) is 11.6 Å². The van der Waals surface area contributed by atoms with Crippen LogP contribution in [0.5, 0.6) is 0 Å². The Labute approximate surface area is 107 Å². The minimum absolute atomic E-state index is 0.179. The van der Waals surface area contributed by atoms with Gasteiger partial charge in [0.15, 0.2) is 6.10 Å². The van der Waals surface area contributed by atoms with Crippen LogP contribution in [-0.4, -0.2) is 41.7 Å². The van der Waals surface area contributed by atoms with Gasteiger partial charge < -0.3 is 15.2 Å². The van der Waals surface area contributed by atoms with Gasteiger partial charge in [-0.05, 0) is 6.07 Å². The van der Waals surface area contributed by atoms with Crippen molar-refractivity contribution in [3.05, 3.63) is 28.8 Å². The van der Waals surface area contributed by atoms with Crippen LogP contribution < -0.4 is 5.32 Å². The Bertz CT molecular complexity index is 469. The van der Waals surface area contributed by atoms with Gasteiger partial charge in [0.05, 0.1) is 25.4 Å². The van der Waals surface area contributed by atoms with E-state index >= 15 is 0 Å². The van der Waals surface area contributed by atoms with Gasteiger partial charge in [0.1, 0.15) is 11.0 Å². The van der Waals surface area contributed by atoms with Crippen LogP contribution in [0, 0.1) is 5.82 Å². The highest BCUT2D eigenvalue weighted by Crippen LogP contribution is 2.13. The lowest BCUT2D eigenvalue weighted by atomic mass is 10.2. The number of carbonyl (C=O) groups is 2. The predicted molar refractivity (Wildman–Crippen MR) is 59.6 cm³/mol. The molecule has 1 heterocycles. The topological polar surface area (TPSA) is 88.5 Å². The minimum atomic E-state index is -1.50. The van der Waals surface area contributed by atoms with Crippen LogP contribution >= 0.6 is 11.6 Å². The average molecular weight is 277 g/mol. The van der Waals surface area contributed by atoms with Gasteiger partial charge in [-0.15, -0.1) is 0 Å². The molecule has 0 fully saturated rings. The zero-order chi connectivity index (χ0) is 13.7. The van der Waals surface area contributed by atoms with Crippen molar-refractivity contribution in [2.75, 3.05) is 13.7 Å². The number of amides is 1. The summed E-state index contributed by atoms with van der Waals surface area (Å²) >= 11 is 5.60. The summed E-state index contributed by atoms with van der Waals surface area (Å²) in [6.07, 6.45) is -0.637. The monoisotopic (exact) mass is 276 g/mol. The number of nitrogens with one attached hydrogen (secondary N) is 1. The van der Waals surface area contributed by atoms with Crippen molar-refractivity contribution in [3.63, 3.8) is 0 Å². The maximum Gasteiger partial charge on any atom is 0.336 e. The third-order valence-electron chi connectivity index (χ3n) is 1.98. The number of rotatable bonds is 4. The summed E-state index contributed by atoms with van der Waals surface area (Å²) in [5.41, 5.74) is -0.186. The van der Waals surface area contributed by atoms with Crippen LogP contribution in [0.1, 0.15) is 10.4 Å². The molecule has 0 aromatic carbocycles. The minimum Gasteiger partial charge on any atom is -0.467 e. The fourth-order valence-corrected chi connectivity index (χ4v) is 1.27. The molecule has 0 bridgehead atoms. The van der Waals surface area contributed by atoms with E-state index in [9.17, 15) is 19.1 Å². The number of aliphatic hydroxyl groups excluding tert-OH is 1. The molecule has 0 radical (unpaired) electrons. The lowest BCUT2D eigenvalue weighted by molar-refractivity contribution is -0.149. The molecule has 0 aliphatic carbocycles. The van der Waals surface area contributed by atoms with Crippen molar-refractivity contribution < 1.29 is 23.8 Å². The molecule has 98 valence electrons. The summed E-state index contributed by atoms with van der Waals surface area (Å²) in [7, 11) is 1.10. The Morgan fingerprint density at radius 1 is 1.67 bits per heavy atom. The molecule has 0 spiro atoms. The summed E-state index contributed by atoms with van der Waals surface area (Å²) in [5.74, 6) is -2.37. The second kappa shape index (κ2) is 6.27. The highest BCUT2D eigenvalue weighted by atomic mass is 35.5. The van der Waals surface area contributed by atoms with Gasteiger partial charge in [0.25, 0.3) is 5.91 Å². The zero-order valence-corrected chi connectivity index (χ0v) is 10.1. The summed E-state index contributed by atoms with van der Waals surface area (Å²) in [6.45, 7) is -0.377. The fourth-order valence-electron chi connectivity index (χ4n) is 1.09. The third kappa shape index (κ3) is 3.64. The van der Waals surface area contributed by atoms with E-state index in [0.29, 0.717) is 0 Å². The molecule has 8 heteroatoms. The molecule has 6 nitrogen and oxygen atoms in total. The summed E-state index contributed by atoms with van der Waals surface area (Å²) in [6, 6.07) is 0.898. The van der Waals surface area contributed by atoms with Crippen molar-refractivity contribution in [2.24, 2.45) is 0 Å². The Morgan fingerprint density at radius 3 is 2.94 bits per heavy atom. The zero-order valence-electron chi connectivity index (χ0n) is 9.31. The van der Waals surface area contributed by atoms with E-state index in [1.807, 2.05) is 0 Å². The molecule has 0 saturated heterocycles. The number of aromatic nitrogens is 1. The van der Waals surface area contributed by atoms with E-state index in [-0.39, 0.29) is 17.3 Å². The highest BCUT2D eigenvalue weighted by molar-refractivity contribution is 6.32. The van der Waals surface area contributed by atoms with E-state index in [1.165, 1.54) is 0 Å². The second-order valence-corrected chi connectivity index (χ2v) is 3.60.